The largest absolute Gasteiger partial charge is 0.469 e. The van der Waals surface area contributed by atoms with E-state index in [4.69, 9.17) is 9.47 Å². The fourth-order valence-corrected chi connectivity index (χ4v) is 4.10. The predicted molar refractivity (Wildman–Crippen MR) is 102 cm³/mol. The van der Waals surface area contributed by atoms with E-state index in [0.29, 0.717) is 31.4 Å². The fraction of sp³-hybridized carbons (Fsp3) is 0.650. The number of nitro benzene ring substituents is 1. The molecule has 1 unspecified atom stereocenters. The second-order valence-electron chi connectivity index (χ2n) is 7.36. The van der Waals surface area contributed by atoms with E-state index in [2.05, 4.69) is 4.90 Å². The number of carbonyl (C=O) groups is 1. The second kappa shape index (κ2) is 8.69. The number of esters is 1. The van der Waals surface area contributed by atoms with Crippen LogP contribution in [0.3, 0.4) is 0 Å². The van der Waals surface area contributed by atoms with Gasteiger partial charge in [-0.25, -0.2) is 0 Å². The Kier molecular flexibility index (Phi) is 6.31. The summed E-state index contributed by atoms with van der Waals surface area (Å²) >= 11 is 0. The number of hydrogen-bond donors (Lipinski definition) is 0. The molecule has 1 aromatic carbocycles. The maximum Gasteiger partial charge on any atom is 0.306 e. The van der Waals surface area contributed by atoms with E-state index < -0.39 is 0 Å². The smallest absolute Gasteiger partial charge is 0.306 e. The van der Waals surface area contributed by atoms with Crippen molar-refractivity contribution in [1.82, 2.24) is 0 Å². The average Bonchev–Trinajstić information content (AvgIpc) is 3.52. The van der Waals surface area contributed by atoms with Gasteiger partial charge in [-0.15, -0.1) is 0 Å². The maximum atomic E-state index is 11.8. The van der Waals surface area contributed by atoms with Crippen LogP contribution < -0.4 is 4.90 Å². The highest BCUT2D eigenvalue weighted by Gasteiger charge is 2.35. The van der Waals surface area contributed by atoms with Crippen LogP contribution in [-0.4, -0.2) is 43.8 Å². The SMILES string of the molecule is CCN(c1ccc(C(CC(=O)OC)C2CC2)cc1[N+](=O)[O-])C1CCOCC1. The summed E-state index contributed by atoms with van der Waals surface area (Å²) in [6.45, 7) is 4.11. The summed E-state index contributed by atoms with van der Waals surface area (Å²) in [6.07, 6.45) is 4.13. The highest BCUT2D eigenvalue weighted by molar-refractivity contribution is 5.71. The Bertz CT molecular complexity index is 683. The zero-order chi connectivity index (χ0) is 19.4. The minimum absolute atomic E-state index is 0.0108. The predicted octanol–water partition coefficient (Wildman–Crippen LogP) is 3.66. The first-order valence-electron chi connectivity index (χ1n) is 9.74. The van der Waals surface area contributed by atoms with Crippen LogP contribution in [0.1, 0.15) is 50.5 Å². The molecule has 0 radical (unpaired) electrons. The summed E-state index contributed by atoms with van der Waals surface area (Å²) in [5.41, 5.74) is 1.64. The van der Waals surface area contributed by atoms with Crippen molar-refractivity contribution >= 4 is 17.3 Å². The molecule has 2 aliphatic rings. The maximum absolute atomic E-state index is 11.8. The zero-order valence-electron chi connectivity index (χ0n) is 16.1. The number of anilines is 1. The third-order valence-corrected chi connectivity index (χ3v) is 5.71. The summed E-state index contributed by atoms with van der Waals surface area (Å²) < 4.78 is 10.3. The van der Waals surface area contributed by atoms with E-state index in [1.165, 1.54) is 7.11 Å². The molecule has 0 spiro atoms. The van der Waals surface area contributed by atoms with Gasteiger partial charge in [-0.2, -0.15) is 0 Å². The van der Waals surface area contributed by atoms with Crippen LogP contribution in [0.25, 0.3) is 0 Å². The number of nitro groups is 1. The monoisotopic (exact) mass is 376 g/mol. The Morgan fingerprint density at radius 3 is 2.59 bits per heavy atom. The van der Waals surface area contributed by atoms with Gasteiger partial charge >= 0.3 is 5.97 Å². The lowest BCUT2D eigenvalue weighted by molar-refractivity contribution is -0.384. The van der Waals surface area contributed by atoms with Crippen molar-refractivity contribution in [3.8, 4) is 0 Å². The van der Waals surface area contributed by atoms with Crippen LogP contribution in [0, 0.1) is 16.0 Å². The molecule has 1 atom stereocenters. The van der Waals surface area contributed by atoms with Crippen molar-refractivity contribution < 1.29 is 19.2 Å². The Balaban J connectivity index is 1.91. The van der Waals surface area contributed by atoms with Gasteiger partial charge in [0, 0.05) is 31.9 Å². The van der Waals surface area contributed by atoms with Crippen LogP contribution in [0.5, 0.6) is 0 Å². The van der Waals surface area contributed by atoms with E-state index in [9.17, 15) is 14.9 Å². The number of nitrogens with zero attached hydrogens (tertiary/aromatic N) is 2. The first kappa shape index (κ1) is 19.6. The van der Waals surface area contributed by atoms with Crippen LogP contribution in [0.2, 0.25) is 0 Å². The Labute approximate surface area is 159 Å². The number of benzene rings is 1. The lowest BCUT2D eigenvalue weighted by Gasteiger charge is -2.35. The molecule has 1 saturated heterocycles. The zero-order valence-corrected chi connectivity index (χ0v) is 16.1. The van der Waals surface area contributed by atoms with Gasteiger partial charge in [0.05, 0.1) is 18.5 Å². The molecular weight excluding hydrogens is 348 g/mol. The van der Waals surface area contributed by atoms with Gasteiger partial charge in [-0.3, -0.25) is 14.9 Å². The number of carbonyl (C=O) groups excluding carboxylic acids is 1. The van der Waals surface area contributed by atoms with Crippen molar-refractivity contribution in [2.24, 2.45) is 5.92 Å². The van der Waals surface area contributed by atoms with Crippen molar-refractivity contribution in [2.45, 2.75) is 51.0 Å². The molecule has 3 rings (SSSR count). The molecule has 1 aromatic rings. The van der Waals surface area contributed by atoms with Gasteiger partial charge in [0.25, 0.3) is 5.69 Å². The van der Waals surface area contributed by atoms with E-state index >= 15 is 0 Å². The molecular formula is C20H28N2O5. The van der Waals surface area contributed by atoms with Gasteiger partial charge in [0.1, 0.15) is 5.69 Å². The van der Waals surface area contributed by atoms with Gasteiger partial charge in [-0.05, 0) is 56.1 Å². The molecule has 7 heteroatoms. The van der Waals surface area contributed by atoms with Crippen molar-refractivity contribution in [3.05, 3.63) is 33.9 Å². The lowest BCUT2D eigenvalue weighted by Crippen LogP contribution is -2.39. The topological polar surface area (TPSA) is 81.9 Å². The Hall–Kier alpha value is -2.15. The van der Waals surface area contributed by atoms with Gasteiger partial charge in [-0.1, -0.05) is 6.07 Å². The number of methoxy groups -OCH3 is 1. The summed E-state index contributed by atoms with van der Waals surface area (Å²) in [5, 5.41) is 11.8. The van der Waals surface area contributed by atoms with Crippen molar-refractivity contribution in [2.75, 3.05) is 31.8 Å². The normalized spacial score (nSPS) is 18.7. The molecule has 1 saturated carbocycles. The molecule has 0 aromatic heterocycles. The van der Waals surface area contributed by atoms with Crippen LogP contribution in [0.15, 0.2) is 18.2 Å². The second-order valence-corrected chi connectivity index (χ2v) is 7.36. The van der Waals surface area contributed by atoms with Crippen LogP contribution in [0.4, 0.5) is 11.4 Å². The molecule has 0 bridgehead atoms. The third-order valence-electron chi connectivity index (χ3n) is 5.71. The molecule has 1 aliphatic heterocycles. The molecule has 1 aliphatic carbocycles. The molecule has 0 amide bonds. The molecule has 7 nitrogen and oxygen atoms in total. The minimum Gasteiger partial charge on any atom is -0.469 e. The van der Waals surface area contributed by atoms with Crippen molar-refractivity contribution in [1.29, 1.82) is 0 Å². The number of hydrogen-bond acceptors (Lipinski definition) is 6. The van der Waals surface area contributed by atoms with Gasteiger partial charge in [0.15, 0.2) is 0 Å². The number of ether oxygens (including phenoxy) is 2. The van der Waals surface area contributed by atoms with E-state index in [1.807, 2.05) is 19.1 Å². The van der Waals surface area contributed by atoms with E-state index in [0.717, 1.165) is 31.2 Å². The number of rotatable bonds is 8. The van der Waals surface area contributed by atoms with Crippen molar-refractivity contribution in [3.63, 3.8) is 0 Å². The van der Waals surface area contributed by atoms with Crippen LogP contribution >= 0.6 is 0 Å². The molecule has 2 fully saturated rings. The Morgan fingerprint density at radius 2 is 2.04 bits per heavy atom. The van der Waals surface area contributed by atoms with Gasteiger partial charge in [0.2, 0.25) is 0 Å². The molecule has 27 heavy (non-hydrogen) atoms. The fourth-order valence-electron chi connectivity index (χ4n) is 4.10. The highest BCUT2D eigenvalue weighted by Crippen LogP contribution is 2.46. The first-order chi connectivity index (χ1) is 13.0. The van der Waals surface area contributed by atoms with Gasteiger partial charge < -0.3 is 14.4 Å². The van der Waals surface area contributed by atoms with E-state index in [-0.39, 0.29) is 35.0 Å². The van der Waals surface area contributed by atoms with E-state index in [1.54, 1.807) is 6.07 Å². The molecule has 148 valence electrons. The Morgan fingerprint density at radius 1 is 1.33 bits per heavy atom. The third kappa shape index (κ3) is 4.58. The summed E-state index contributed by atoms with van der Waals surface area (Å²) in [5.74, 6) is 0.131. The first-order valence-corrected chi connectivity index (χ1v) is 9.74. The highest BCUT2D eigenvalue weighted by atomic mass is 16.6. The molecule has 1 heterocycles. The quantitative estimate of drug-likeness (QED) is 0.391. The van der Waals surface area contributed by atoms with Crippen LogP contribution in [-0.2, 0) is 14.3 Å². The average molecular weight is 376 g/mol. The lowest BCUT2D eigenvalue weighted by atomic mass is 9.90. The minimum atomic E-state index is -0.303. The standard InChI is InChI=1S/C20H28N2O5/c1-3-21(16-8-10-27-11-9-16)18-7-6-15(12-19(18)22(24)25)17(14-4-5-14)13-20(23)26-2/h6-7,12,14,16-17H,3-5,8-11,13H2,1-2H3. The summed E-state index contributed by atoms with van der Waals surface area (Å²) in [4.78, 5) is 25.4. The summed E-state index contributed by atoms with van der Waals surface area (Å²) in [6, 6.07) is 5.74. The molecule has 0 N–H and O–H groups in total. The summed E-state index contributed by atoms with van der Waals surface area (Å²) in [7, 11) is 1.38.